The number of aliphatic hydroxyl groups is 1. The molecule has 0 aliphatic heterocycles. The van der Waals surface area contributed by atoms with Gasteiger partial charge in [0, 0.05) is 5.75 Å². The van der Waals surface area contributed by atoms with E-state index in [1.807, 2.05) is 0 Å². The molecule has 140 valence electrons. The molecule has 0 aliphatic carbocycles. The summed E-state index contributed by atoms with van der Waals surface area (Å²) in [5.41, 5.74) is 0. The van der Waals surface area contributed by atoms with Crippen LogP contribution in [0.5, 0.6) is 0 Å². The molecule has 0 spiro atoms. The van der Waals surface area contributed by atoms with Crippen LogP contribution in [0.4, 0.5) is 0 Å². The minimum absolute atomic E-state index is 0. The first-order chi connectivity index (χ1) is 11.0. The van der Waals surface area contributed by atoms with Crippen molar-refractivity contribution in [3.63, 3.8) is 0 Å². The number of unbranched alkanes of at least 4 members (excludes halogenated alkanes) is 11. The SMILES string of the molecule is CCCCCCC(O)CCCCCCCCCCCS(=O)(=O)[O-].[Na+]. The van der Waals surface area contributed by atoms with Crippen molar-refractivity contribution in [2.24, 2.45) is 0 Å². The topological polar surface area (TPSA) is 77.4 Å². The van der Waals surface area contributed by atoms with Gasteiger partial charge in [-0.15, -0.1) is 0 Å². The average molecular weight is 373 g/mol. The van der Waals surface area contributed by atoms with Crippen molar-refractivity contribution in [1.82, 2.24) is 0 Å². The van der Waals surface area contributed by atoms with Crippen LogP contribution in [0.25, 0.3) is 0 Å². The van der Waals surface area contributed by atoms with E-state index in [1.54, 1.807) is 0 Å². The Bertz CT molecular complexity index is 347. The molecule has 1 atom stereocenters. The molecule has 0 radical (unpaired) electrons. The van der Waals surface area contributed by atoms with E-state index in [9.17, 15) is 18.1 Å². The Labute approximate surface area is 172 Å². The third-order valence-electron chi connectivity index (χ3n) is 4.32. The standard InChI is InChI=1S/C18H38O4S.Na/c1-2-3-4-12-15-18(19)16-13-10-8-6-5-7-9-11-14-17-23(20,21)22;/h18-19H,2-17H2,1H3,(H,20,21,22);/q;+1/p-1. The fraction of sp³-hybridized carbons (Fsp3) is 1.00. The number of hydrogen-bond acceptors (Lipinski definition) is 4. The predicted molar refractivity (Wildman–Crippen MR) is 95.5 cm³/mol. The van der Waals surface area contributed by atoms with E-state index < -0.39 is 10.1 Å². The van der Waals surface area contributed by atoms with Gasteiger partial charge in [0.05, 0.1) is 16.2 Å². The summed E-state index contributed by atoms with van der Waals surface area (Å²) in [5, 5.41) is 9.86. The molecule has 0 saturated carbocycles. The maximum Gasteiger partial charge on any atom is 1.00 e. The minimum atomic E-state index is -4.02. The fourth-order valence-corrected chi connectivity index (χ4v) is 3.40. The van der Waals surface area contributed by atoms with Gasteiger partial charge in [0.25, 0.3) is 0 Å². The van der Waals surface area contributed by atoms with Gasteiger partial charge in [-0.25, -0.2) is 8.42 Å². The van der Waals surface area contributed by atoms with Gasteiger partial charge in [-0.1, -0.05) is 84.0 Å². The molecule has 4 nitrogen and oxygen atoms in total. The zero-order valence-electron chi connectivity index (χ0n) is 16.0. The van der Waals surface area contributed by atoms with Gasteiger partial charge < -0.3 is 9.66 Å². The summed E-state index contributed by atoms with van der Waals surface area (Å²) in [4.78, 5) is 0. The Kier molecular flexibility index (Phi) is 21.1. The molecule has 0 fully saturated rings. The molecule has 6 heteroatoms. The Morgan fingerprint density at radius 3 is 1.54 bits per heavy atom. The third kappa shape index (κ3) is 22.9. The van der Waals surface area contributed by atoms with E-state index >= 15 is 0 Å². The van der Waals surface area contributed by atoms with Crippen LogP contribution in [-0.4, -0.2) is 29.9 Å². The predicted octanol–water partition coefficient (Wildman–Crippen LogP) is 1.77. The summed E-state index contributed by atoms with van der Waals surface area (Å²) in [5.74, 6) is -0.215. The van der Waals surface area contributed by atoms with Crippen LogP contribution in [0.2, 0.25) is 0 Å². The second-order valence-electron chi connectivity index (χ2n) is 6.74. The van der Waals surface area contributed by atoms with E-state index in [2.05, 4.69) is 6.92 Å². The maximum atomic E-state index is 10.4. The van der Waals surface area contributed by atoms with Gasteiger partial charge in [-0.05, 0) is 19.3 Å². The van der Waals surface area contributed by atoms with Gasteiger partial charge in [-0.2, -0.15) is 0 Å². The van der Waals surface area contributed by atoms with Crippen molar-refractivity contribution in [1.29, 1.82) is 0 Å². The molecule has 0 aromatic rings. The monoisotopic (exact) mass is 372 g/mol. The Morgan fingerprint density at radius 1 is 0.750 bits per heavy atom. The molecule has 0 amide bonds. The molecule has 0 bridgehead atoms. The molecule has 24 heavy (non-hydrogen) atoms. The zero-order valence-corrected chi connectivity index (χ0v) is 18.8. The molecule has 0 rings (SSSR count). The second-order valence-corrected chi connectivity index (χ2v) is 8.26. The molecule has 0 aromatic heterocycles. The van der Waals surface area contributed by atoms with Gasteiger partial charge in [0.1, 0.15) is 0 Å². The summed E-state index contributed by atoms with van der Waals surface area (Å²) >= 11 is 0. The van der Waals surface area contributed by atoms with Gasteiger partial charge in [0.15, 0.2) is 0 Å². The summed E-state index contributed by atoms with van der Waals surface area (Å²) in [6.07, 6.45) is 16.1. The van der Waals surface area contributed by atoms with E-state index in [1.165, 1.54) is 44.9 Å². The number of rotatable bonds is 17. The molecular weight excluding hydrogens is 335 g/mol. The van der Waals surface area contributed by atoms with Gasteiger partial charge in [-0.3, -0.25) is 0 Å². The van der Waals surface area contributed by atoms with E-state index in [-0.39, 0.29) is 41.4 Å². The normalized spacial score (nSPS) is 12.8. The van der Waals surface area contributed by atoms with Crippen LogP contribution >= 0.6 is 0 Å². The fourth-order valence-electron chi connectivity index (χ4n) is 2.85. The van der Waals surface area contributed by atoms with Crippen LogP contribution in [0, 0.1) is 0 Å². The van der Waals surface area contributed by atoms with Crippen LogP contribution < -0.4 is 29.6 Å². The Balaban J connectivity index is 0. The van der Waals surface area contributed by atoms with Crippen molar-refractivity contribution in [2.75, 3.05) is 5.75 Å². The summed E-state index contributed by atoms with van der Waals surface area (Å²) in [6, 6.07) is 0. The molecule has 1 unspecified atom stereocenters. The van der Waals surface area contributed by atoms with Crippen molar-refractivity contribution in [3.05, 3.63) is 0 Å². The molecule has 0 aromatic carbocycles. The van der Waals surface area contributed by atoms with Crippen molar-refractivity contribution >= 4 is 10.1 Å². The molecule has 0 heterocycles. The largest absolute Gasteiger partial charge is 1.00 e. The summed E-state index contributed by atoms with van der Waals surface area (Å²) in [6.45, 7) is 2.20. The van der Waals surface area contributed by atoms with Crippen molar-refractivity contribution < 1.29 is 47.6 Å². The van der Waals surface area contributed by atoms with Crippen LogP contribution in [0.1, 0.15) is 103 Å². The van der Waals surface area contributed by atoms with E-state index in [0.29, 0.717) is 6.42 Å². The molecule has 0 saturated heterocycles. The first-order valence-corrected chi connectivity index (χ1v) is 11.1. The Morgan fingerprint density at radius 2 is 1.12 bits per heavy atom. The zero-order chi connectivity index (χ0) is 17.4. The van der Waals surface area contributed by atoms with E-state index in [4.69, 9.17) is 0 Å². The summed E-state index contributed by atoms with van der Waals surface area (Å²) < 4.78 is 31.3. The van der Waals surface area contributed by atoms with Gasteiger partial charge in [0.2, 0.25) is 0 Å². The average Bonchev–Trinajstić information content (AvgIpc) is 2.48. The smallest absolute Gasteiger partial charge is 0.748 e. The van der Waals surface area contributed by atoms with Crippen LogP contribution in [-0.2, 0) is 10.1 Å². The van der Waals surface area contributed by atoms with Crippen LogP contribution in [0.15, 0.2) is 0 Å². The Hall–Kier alpha value is 0.870. The molecular formula is C18H37NaO4S. The number of hydrogen-bond donors (Lipinski definition) is 1. The number of aliphatic hydroxyl groups excluding tert-OH is 1. The van der Waals surface area contributed by atoms with Crippen molar-refractivity contribution in [3.8, 4) is 0 Å². The molecule has 1 N–H and O–H groups in total. The second kappa shape index (κ2) is 18.7. The third-order valence-corrected chi connectivity index (χ3v) is 5.11. The van der Waals surface area contributed by atoms with E-state index in [0.717, 1.165) is 44.9 Å². The molecule has 0 aliphatic rings. The first kappa shape index (κ1) is 27.1. The van der Waals surface area contributed by atoms with Crippen molar-refractivity contribution in [2.45, 2.75) is 109 Å². The first-order valence-electron chi connectivity index (χ1n) is 9.57. The summed E-state index contributed by atoms with van der Waals surface area (Å²) in [7, 11) is -4.02. The minimum Gasteiger partial charge on any atom is -0.748 e. The quantitative estimate of drug-likeness (QED) is 0.240. The maximum absolute atomic E-state index is 10.4. The van der Waals surface area contributed by atoms with Crippen LogP contribution in [0.3, 0.4) is 0 Å². The van der Waals surface area contributed by atoms with Gasteiger partial charge >= 0.3 is 29.6 Å².